The van der Waals surface area contributed by atoms with Crippen molar-refractivity contribution in [2.45, 2.75) is 13.0 Å². The minimum Gasteiger partial charge on any atom is -0.503 e. The molecule has 44 heavy (non-hydrogen) atoms. The topological polar surface area (TPSA) is 108 Å². The molecule has 0 saturated carbocycles. The van der Waals surface area contributed by atoms with Crippen LogP contribution in [0.2, 0.25) is 0 Å². The zero-order valence-electron chi connectivity index (χ0n) is 24.1. The van der Waals surface area contributed by atoms with E-state index in [0.717, 1.165) is 22.9 Å². The Hall–Kier alpha value is -4.67. The average molecular weight is 673 g/mol. The van der Waals surface area contributed by atoms with Gasteiger partial charge in [-0.05, 0) is 63.8 Å². The molecule has 0 unspecified atom stereocenters. The van der Waals surface area contributed by atoms with Crippen LogP contribution in [0.5, 0.6) is 11.5 Å². The van der Waals surface area contributed by atoms with Crippen LogP contribution < -0.4 is 10.1 Å². The summed E-state index contributed by atoms with van der Waals surface area (Å²) in [6, 6.07) is 21.9. The van der Waals surface area contributed by atoms with Gasteiger partial charge in [0.25, 0.3) is 11.8 Å². The molecule has 1 heterocycles. The number of amides is 3. The van der Waals surface area contributed by atoms with Gasteiger partial charge < -0.3 is 15.2 Å². The number of aromatic hydroxyl groups is 1. The molecule has 0 fully saturated rings. The molecule has 0 spiro atoms. The maximum absolute atomic E-state index is 13.9. The zero-order chi connectivity index (χ0) is 31.6. The molecule has 10 heteroatoms. The number of phenolic OH excluding ortho intramolecular Hbond substituents is 1. The second-order valence-electron chi connectivity index (χ2n) is 9.37. The number of amidine groups is 1. The van der Waals surface area contributed by atoms with Crippen LogP contribution in [0.3, 0.4) is 0 Å². The van der Waals surface area contributed by atoms with Crippen LogP contribution in [0.15, 0.2) is 124 Å². The summed E-state index contributed by atoms with van der Waals surface area (Å²) in [6.07, 6.45) is 7.96. The number of benzene rings is 3. The average Bonchev–Trinajstić information content (AvgIpc) is 3.04. The molecule has 0 atom stereocenters. The SMILES string of the molecule is C=C/C=C\C(=C/C)N1C(=O)/C(=C/c2cc(Br)c(O)c(OC)c2)C(=O)N=C1SCC(=O)NC(c1ccccc1)c1ccccc1. The first-order valence-corrected chi connectivity index (χ1v) is 15.3. The third-order valence-corrected chi connectivity index (χ3v) is 8.04. The van der Waals surface area contributed by atoms with E-state index in [1.165, 1.54) is 24.2 Å². The van der Waals surface area contributed by atoms with Crippen LogP contribution >= 0.6 is 27.7 Å². The highest BCUT2D eigenvalue weighted by Crippen LogP contribution is 2.36. The molecule has 0 saturated heterocycles. The van der Waals surface area contributed by atoms with Crippen molar-refractivity contribution in [3.8, 4) is 11.5 Å². The van der Waals surface area contributed by atoms with Crippen LogP contribution in [0.4, 0.5) is 0 Å². The Kier molecular flexibility index (Phi) is 11.1. The van der Waals surface area contributed by atoms with Crippen LogP contribution in [0.25, 0.3) is 6.08 Å². The lowest BCUT2D eigenvalue weighted by Gasteiger charge is -2.28. The summed E-state index contributed by atoms with van der Waals surface area (Å²) >= 11 is 4.25. The summed E-state index contributed by atoms with van der Waals surface area (Å²) in [5, 5.41) is 13.3. The van der Waals surface area contributed by atoms with Gasteiger partial charge in [-0.15, -0.1) is 0 Å². The number of thioether (sulfide) groups is 1. The Morgan fingerprint density at radius 3 is 2.32 bits per heavy atom. The number of phenols is 1. The van der Waals surface area contributed by atoms with Crippen molar-refractivity contribution < 1.29 is 24.2 Å². The summed E-state index contributed by atoms with van der Waals surface area (Å²) in [4.78, 5) is 45.9. The molecule has 1 aliphatic heterocycles. The lowest BCUT2D eigenvalue weighted by molar-refractivity contribution is -0.126. The molecule has 0 aliphatic carbocycles. The maximum atomic E-state index is 13.9. The number of carbonyl (C=O) groups is 3. The van der Waals surface area contributed by atoms with Gasteiger partial charge in [0, 0.05) is 5.70 Å². The number of hydrogen-bond acceptors (Lipinski definition) is 6. The Morgan fingerprint density at radius 1 is 1.11 bits per heavy atom. The number of halogens is 1. The number of rotatable bonds is 10. The van der Waals surface area contributed by atoms with Crippen molar-refractivity contribution in [2.75, 3.05) is 12.9 Å². The molecular formula is C34H30BrN3O5S. The highest BCUT2D eigenvalue weighted by molar-refractivity contribution is 9.10. The number of allylic oxidation sites excluding steroid dienone is 4. The molecule has 4 rings (SSSR count). The van der Waals surface area contributed by atoms with Gasteiger partial charge in [0.2, 0.25) is 5.91 Å². The van der Waals surface area contributed by atoms with Gasteiger partial charge in [0.05, 0.1) is 23.4 Å². The first-order chi connectivity index (χ1) is 21.3. The number of carbonyl (C=O) groups excluding carboxylic acids is 3. The van der Waals surface area contributed by atoms with Crippen LogP contribution in [-0.2, 0) is 14.4 Å². The monoisotopic (exact) mass is 671 g/mol. The predicted molar refractivity (Wildman–Crippen MR) is 178 cm³/mol. The van der Waals surface area contributed by atoms with Crippen molar-refractivity contribution in [3.05, 3.63) is 136 Å². The van der Waals surface area contributed by atoms with Gasteiger partial charge in [-0.25, -0.2) is 0 Å². The second-order valence-corrected chi connectivity index (χ2v) is 11.2. The Balaban J connectivity index is 1.64. The summed E-state index contributed by atoms with van der Waals surface area (Å²) in [5.41, 5.74) is 2.51. The largest absolute Gasteiger partial charge is 0.503 e. The first-order valence-electron chi connectivity index (χ1n) is 13.5. The number of hydrogen-bond donors (Lipinski definition) is 2. The minimum atomic E-state index is -0.757. The Bertz CT molecular complexity index is 1640. The molecular weight excluding hydrogens is 642 g/mol. The predicted octanol–water partition coefficient (Wildman–Crippen LogP) is 6.56. The minimum absolute atomic E-state index is 0.0644. The second kappa shape index (κ2) is 15.2. The molecule has 8 nitrogen and oxygen atoms in total. The Labute approximate surface area is 268 Å². The van der Waals surface area contributed by atoms with Crippen molar-refractivity contribution in [2.24, 2.45) is 4.99 Å². The third kappa shape index (κ3) is 7.64. The fourth-order valence-electron chi connectivity index (χ4n) is 4.39. The van der Waals surface area contributed by atoms with Crippen LogP contribution in [0.1, 0.15) is 29.7 Å². The number of ether oxygens (including phenoxy) is 1. The molecule has 3 aromatic carbocycles. The molecule has 3 amide bonds. The fraction of sp³-hybridized carbons (Fsp3) is 0.118. The first kappa shape index (κ1) is 32.2. The third-order valence-electron chi connectivity index (χ3n) is 6.49. The highest BCUT2D eigenvalue weighted by atomic mass is 79.9. The molecule has 0 bridgehead atoms. The van der Waals surface area contributed by atoms with Crippen molar-refractivity contribution in [1.82, 2.24) is 10.2 Å². The van der Waals surface area contributed by atoms with Gasteiger partial charge in [0.1, 0.15) is 5.57 Å². The lowest BCUT2D eigenvalue weighted by Crippen LogP contribution is -2.42. The smallest absolute Gasteiger partial charge is 0.285 e. The van der Waals surface area contributed by atoms with E-state index >= 15 is 0 Å². The molecule has 0 radical (unpaired) electrons. The van der Waals surface area contributed by atoms with Gasteiger partial charge in [-0.2, -0.15) is 4.99 Å². The zero-order valence-corrected chi connectivity index (χ0v) is 26.5. The summed E-state index contributed by atoms with van der Waals surface area (Å²) in [5.74, 6) is -1.73. The van der Waals surface area contributed by atoms with E-state index in [9.17, 15) is 19.5 Å². The van der Waals surface area contributed by atoms with E-state index in [4.69, 9.17) is 4.74 Å². The van der Waals surface area contributed by atoms with Crippen molar-refractivity contribution in [3.63, 3.8) is 0 Å². The van der Waals surface area contributed by atoms with Gasteiger partial charge in [-0.1, -0.05) is 97.2 Å². The van der Waals surface area contributed by atoms with Crippen LogP contribution in [0, 0.1) is 0 Å². The van der Waals surface area contributed by atoms with Gasteiger partial charge in [0.15, 0.2) is 16.7 Å². The molecule has 3 aromatic rings. The fourth-order valence-corrected chi connectivity index (χ4v) is 5.66. The molecule has 2 N–H and O–H groups in total. The molecule has 1 aliphatic rings. The summed E-state index contributed by atoms with van der Waals surface area (Å²) in [7, 11) is 1.40. The molecule has 0 aromatic heterocycles. The van der Waals surface area contributed by atoms with Crippen molar-refractivity contribution in [1.29, 1.82) is 0 Å². The summed E-state index contributed by atoms with van der Waals surface area (Å²) < 4.78 is 5.53. The lowest BCUT2D eigenvalue weighted by atomic mass is 9.99. The Morgan fingerprint density at radius 2 is 1.75 bits per heavy atom. The van der Waals surface area contributed by atoms with Gasteiger partial charge >= 0.3 is 0 Å². The number of aliphatic imine (C=N–C) groups is 1. The quantitative estimate of drug-likeness (QED) is 0.144. The standard InChI is InChI=1S/C34H30BrN3O5S/c1-4-6-17-25(5-2)38-33(42)26(18-22-19-27(35)31(40)28(20-22)43-3)32(41)37-34(38)44-21-29(39)36-30(23-13-9-7-10-14-23)24-15-11-8-12-16-24/h4-20,30,40H,1,21H2,2-3H3,(H,36,39)/b17-6-,25-5+,26-18+. The van der Waals surface area contributed by atoms with Crippen LogP contribution in [-0.4, -0.2) is 45.8 Å². The van der Waals surface area contributed by atoms with Gasteiger partial charge in [-0.3, -0.25) is 19.3 Å². The normalized spacial score (nSPS) is 14.7. The van der Waals surface area contributed by atoms with Crippen molar-refractivity contribution >= 4 is 56.7 Å². The number of nitrogens with one attached hydrogen (secondary N) is 1. The highest BCUT2D eigenvalue weighted by Gasteiger charge is 2.35. The number of methoxy groups -OCH3 is 1. The van der Waals surface area contributed by atoms with E-state index in [1.807, 2.05) is 60.7 Å². The molecule has 224 valence electrons. The van der Waals surface area contributed by atoms with E-state index in [0.29, 0.717) is 15.7 Å². The maximum Gasteiger partial charge on any atom is 0.285 e. The van der Waals surface area contributed by atoms with E-state index in [1.54, 1.807) is 37.3 Å². The number of nitrogens with zero attached hydrogens (tertiary/aromatic N) is 2. The van der Waals surface area contributed by atoms with E-state index in [-0.39, 0.29) is 33.9 Å². The van der Waals surface area contributed by atoms with E-state index in [2.05, 4.69) is 32.8 Å². The van der Waals surface area contributed by atoms with E-state index < -0.39 is 17.9 Å². The summed E-state index contributed by atoms with van der Waals surface area (Å²) in [6.45, 7) is 5.44.